The summed E-state index contributed by atoms with van der Waals surface area (Å²) in [7, 11) is 3.27. The van der Waals surface area contributed by atoms with Crippen molar-refractivity contribution in [3.63, 3.8) is 0 Å². The number of carbonyl (C=O) groups excluding carboxylic acids is 1. The van der Waals surface area contributed by atoms with Crippen LogP contribution in [-0.2, 0) is 17.8 Å². The first kappa shape index (κ1) is 17.2. The van der Waals surface area contributed by atoms with Gasteiger partial charge in [-0.1, -0.05) is 23.5 Å². The lowest BCUT2D eigenvalue weighted by Gasteiger charge is -2.02. The van der Waals surface area contributed by atoms with Gasteiger partial charge in [0.25, 0.3) is 5.91 Å². The van der Waals surface area contributed by atoms with Crippen molar-refractivity contribution in [3.05, 3.63) is 52.8 Å². The first-order valence-electron chi connectivity index (χ1n) is 8.02. The lowest BCUT2D eigenvalue weighted by Crippen LogP contribution is -2.16. The number of benzene rings is 2. The van der Waals surface area contributed by atoms with E-state index in [1.807, 2.05) is 54.0 Å². The molecule has 6 heteroatoms. The topological polar surface area (TPSA) is 52.8 Å². The van der Waals surface area contributed by atoms with Crippen LogP contribution in [0.15, 0.2) is 47.5 Å². The molecule has 0 aliphatic heterocycles. The van der Waals surface area contributed by atoms with Gasteiger partial charge in [-0.15, -0.1) is 0 Å². The van der Waals surface area contributed by atoms with Gasteiger partial charge in [0.05, 0.1) is 30.9 Å². The third kappa shape index (κ3) is 3.74. The van der Waals surface area contributed by atoms with Gasteiger partial charge >= 0.3 is 0 Å². The molecule has 0 fully saturated rings. The Morgan fingerprint density at radius 2 is 1.76 bits per heavy atom. The smallest absolute Gasteiger partial charge is 0.252 e. The molecule has 0 saturated carbocycles. The number of aromatic nitrogens is 1. The maximum Gasteiger partial charge on any atom is 0.252 e. The van der Waals surface area contributed by atoms with Crippen LogP contribution in [0.3, 0.4) is 0 Å². The molecule has 3 rings (SSSR count). The number of aryl methyl sites for hydroxylation is 1. The highest BCUT2D eigenvalue weighted by atomic mass is 32.1. The minimum Gasteiger partial charge on any atom is -0.497 e. The Morgan fingerprint density at radius 3 is 2.40 bits per heavy atom. The van der Waals surface area contributed by atoms with Gasteiger partial charge in [0.15, 0.2) is 4.80 Å². The predicted octanol–water partition coefficient (Wildman–Crippen LogP) is 3.41. The maximum atomic E-state index is 12.4. The highest BCUT2D eigenvalue weighted by Crippen LogP contribution is 2.23. The van der Waals surface area contributed by atoms with Crippen LogP contribution in [0.1, 0.15) is 12.5 Å². The number of amides is 1. The van der Waals surface area contributed by atoms with Gasteiger partial charge in [-0.3, -0.25) is 4.79 Å². The van der Waals surface area contributed by atoms with E-state index in [9.17, 15) is 4.79 Å². The molecule has 0 bridgehead atoms. The molecule has 0 radical (unpaired) electrons. The second-order valence-corrected chi connectivity index (χ2v) is 6.50. The summed E-state index contributed by atoms with van der Waals surface area (Å²) in [6, 6.07) is 13.4. The molecular weight excluding hydrogens is 336 g/mol. The number of nitrogens with zero attached hydrogens (tertiary/aromatic N) is 2. The molecule has 0 unspecified atom stereocenters. The molecule has 3 aromatic rings. The lowest BCUT2D eigenvalue weighted by atomic mass is 10.1. The fourth-order valence-corrected chi connectivity index (χ4v) is 3.78. The lowest BCUT2D eigenvalue weighted by molar-refractivity contribution is -0.117. The minimum absolute atomic E-state index is 0.161. The van der Waals surface area contributed by atoms with Crippen molar-refractivity contribution in [2.24, 2.45) is 4.99 Å². The zero-order valence-electron chi connectivity index (χ0n) is 14.5. The fraction of sp³-hybridized carbons (Fsp3) is 0.263. The average Bonchev–Trinajstić information content (AvgIpc) is 2.97. The van der Waals surface area contributed by atoms with E-state index in [2.05, 4.69) is 4.99 Å². The SMILES string of the molecule is CCn1c(=NC(=O)Cc2ccc(OC)cc2)sc2cc(OC)ccc21. The monoisotopic (exact) mass is 356 g/mol. The second kappa shape index (κ2) is 7.53. The third-order valence-electron chi connectivity index (χ3n) is 3.94. The first-order chi connectivity index (χ1) is 12.1. The van der Waals surface area contributed by atoms with Crippen molar-refractivity contribution in [1.29, 1.82) is 0 Å². The van der Waals surface area contributed by atoms with Gasteiger partial charge in [-0.2, -0.15) is 4.99 Å². The molecular formula is C19H20N2O3S. The highest BCUT2D eigenvalue weighted by Gasteiger charge is 2.08. The van der Waals surface area contributed by atoms with Gasteiger partial charge in [0.2, 0.25) is 0 Å². The van der Waals surface area contributed by atoms with Crippen LogP contribution in [0, 0.1) is 0 Å². The van der Waals surface area contributed by atoms with Crippen molar-refractivity contribution in [2.75, 3.05) is 14.2 Å². The van der Waals surface area contributed by atoms with Crippen molar-refractivity contribution >= 4 is 27.5 Å². The summed E-state index contributed by atoms with van der Waals surface area (Å²) in [5.74, 6) is 1.41. The molecule has 0 aliphatic rings. The molecule has 130 valence electrons. The number of hydrogen-bond acceptors (Lipinski definition) is 4. The number of ether oxygens (including phenoxy) is 2. The molecule has 1 aromatic heterocycles. The largest absolute Gasteiger partial charge is 0.497 e. The summed E-state index contributed by atoms with van der Waals surface area (Å²) in [5.41, 5.74) is 1.98. The summed E-state index contributed by atoms with van der Waals surface area (Å²) in [4.78, 5) is 17.4. The number of carbonyl (C=O) groups is 1. The summed E-state index contributed by atoms with van der Waals surface area (Å²) in [6.07, 6.45) is 0.269. The average molecular weight is 356 g/mol. The Bertz CT molecular complexity index is 955. The van der Waals surface area contributed by atoms with Gasteiger partial charge in [0.1, 0.15) is 11.5 Å². The summed E-state index contributed by atoms with van der Waals surface area (Å²) < 4.78 is 13.5. The zero-order valence-corrected chi connectivity index (χ0v) is 15.3. The number of fused-ring (bicyclic) bond motifs is 1. The van der Waals surface area contributed by atoms with E-state index in [0.29, 0.717) is 4.80 Å². The van der Waals surface area contributed by atoms with Gasteiger partial charge in [-0.05, 0) is 42.8 Å². The molecule has 0 aliphatic carbocycles. The number of methoxy groups -OCH3 is 2. The van der Waals surface area contributed by atoms with E-state index >= 15 is 0 Å². The summed E-state index contributed by atoms with van der Waals surface area (Å²) >= 11 is 1.50. The van der Waals surface area contributed by atoms with Crippen LogP contribution in [0.2, 0.25) is 0 Å². The molecule has 5 nitrogen and oxygen atoms in total. The van der Waals surface area contributed by atoms with Crippen LogP contribution < -0.4 is 14.3 Å². The van der Waals surface area contributed by atoms with E-state index in [0.717, 1.165) is 33.8 Å². The molecule has 0 saturated heterocycles. The number of thiazole rings is 1. The Labute approximate surface area is 150 Å². The molecule has 0 spiro atoms. The van der Waals surface area contributed by atoms with Gasteiger partial charge in [0, 0.05) is 6.54 Å². The Kier molecular flexibility index (Phi) is 5.19. The maximum absolute atomic E-state index is 12.4. The molecule has 1 amide bonds. The number of rotatable bonds is 5. The van der Waals surface area contributed by atoms with E-state index in [-0.39, 0.29) is 12.3 Å². The molecule has 2 aromatic carbocycles. The van der Waals surface area contributed by atoms with Crippen LogP contribution in [0.5, 0.6) is 11.5 Å². The van der Waals surface area contributed by atoms with Crippen LogP contribution in [0.25, 0.3) is 10.2 Å². The van der Waals surface area contributed by atoms with E-state index < -0.39 is 0 Å². The highest BCUT2D eigenvalue weighted by molar-refractivity contribution is 7.16. The Hall–Kier alpha value is -2.60. The van der Waals surface area contributed by atoms with E-state index in [4.69, 9.17) is 9.47 Å². The predicted molar refractivity (Wildman–Crippen MR) is 99.3 cm³/mol. The van der Waals surface area contributed by atoms with Gasteiger partial charge < -0.3 is 14.0 Å². The van der Waals surface area contributed by atoms with E-state index in [1.165, 1.54) is 11.3 Å². The number of hydrogen-bond donors (Lipinski definition) is 0. The molecule has 25 heavy (non-hydrogen) atoms. The van der Waals surface area contributed by atoms with Crippen molar-refractivity contribution in [2.45, 2.75) is 19.9 Å². The first-order valence-corrected chi connectivity index (χ1v) is 8.84. The standard InChI is InChI=1S/C19H20N2O3S/c1-4-21-16-10-9-15(24-3)12-17(16)25-19(21)20-18(22)11-13-5-7-14(23-2)8-6-13/h5-10,12H,4,11H2,1-3H3. The zero-order chi connectivity index (χ0) is 17.8. The fourth-order valence-electron chi connectivity index (χ4n) is 2.64. The Balaban J connectivity index is 1.92. The molecule has 1 heterocycles. The van der Waals surface area contributed by atoms with Crippen LogP contribution >= 0.6 is 11.3 Å². The Morgan fingerprint density at radius 1 is 1.08 bits per heavy atom. The van der Waals surface area contributed by atoms with Crippen LogP contribution in [0.4, 0.5) is 0 Å². The second-order valence-electron chi connectivity index (χ2n) is 5.49. The van der Waals surface area contributed by atoms with Crippen molar-refractivity contribution in [1.82, 2.24) is 4.57 Å². The molecule has 0 N–H and O–H groups in total. The van der Waals surface area contributed by atoms with Crippen LogP contribution in [-0.4, -0.2) is 24.7 Å². The minimum atomic E-state index is -0.161. The van der Waals surface area contributed by atoms with Crippen molar-refractivity contribution < 1.29 is 14.3 Å². The van der Waals surface area contributed by atoms with Crippen molar-refractivity contribution in [3.8, 4) is 11.5 Å². The third-order valence-corrected chi connectivity index (χ3v) is 4.98. The summed E-state index contributed by atoms with van der Waals surface area (Å²) in [5, 5.41) is 0. The quantitative estimate of drug-likeness (QED) is 0.704. The van der Waals surface area contributed by atoms with Gasteiger partial charge in [-0.25, -0.2) is 0 Å². The normalized spacial score (nSPS) is 11.7. The summed E-state index contributed by atoms with van der Waals surface area (Å²) in [6.45, 7) is 2.80. The molecule has 0 atom stereocenters. The van der Waals surface area contributed by atoms with E-state index in [1.54, 1.807) is 14.2 Å².